The number of carboxylic acids is 3. The average molecular weight is 501 g/mol. The Labute approximate surface area is 207 Å². The van der Waals surface area contributed by atoms with E-state index in [2.05, 4.69) is 4.99 Å². The SMILES string of the molecule is CC(=N)N.N#CCC[C@H](N)C(=O)O.[2H]C([2H])(CC[C@H](N)C(=O)O)N=C(N)N.[2H]C([2H])(N)CC[C@H](N)C(=O)O.[2H][2H]. The van der Waals surface area contributed by atoms with Crippen molar-refractivity contribution >= 4 is 29.7 Å². The van der Waals surface area contributed by atoms with Crippen molar-refractivity contribution in [2.75, 3.05) is 13.0 Å². The summed E-state index contributed by atoms with van der Waals surface area (Å²) in [5, 5.41) is 39.2. The molecule has 0 aliphatic carbocycles. The fourth-order valence-electron chi connectivity index (χ4n) is 1.20. The molecule has 3 atom stereocenters. The molecule has 16 heteroatoms. The summed E-state index contributed by atoms with van der Waals surface area (Å²) < 4.78 is 38.2. The number of rotatable bonds is 12. The molecule has 0 aliphatic heterocycles. The van der Waals surface area contributed by atoms with Gasteiger partial charge in [-0.15, -0.1) is 0 Å². The first-order valence-electron chi connectivity index (χ1n) is 12.5. The first-order chi connectivity index (χ1) is 18.0. The van der Waals surface area contributed by atoms with Crippen LogP contribution in [-0.4, -0.2) is 76.1 Å². The predicted molar refractivity (Wildman–Crippen MR) is 130 cm³/mol. The van der Waals surface area contributed by atoms with Crippen molar-refractivity contribution in [2.24, 2.45) is 45.1 Å². The molecule has 18 N–H and O–H groups in total. The fourth-order valence-corrected chi connectivity index (χ4v) is 1.20. The maximum Gasteiger partial charge on any atom is 0.320 e. The zero-order valence-corrected chi connectivity index (χ0v) is 19.0. The lowest BCUT2D eigenvalue weighted by atomic mass is 10.2. The minimum atomic E-state index is -1.97. The number of aliphatic imine (C=N–C) groups is 1. The number of carbonyl (C=O) groups is 3. The Bertz CT molecular complexity index is 803. The number of nitrogens with one attached hydrogen (secondary N) is 1. The second-order valence-electron chi connectivity index (χ2n) is 6.19. The van der Waals surface area contributed by atoms with Gasteiger partial charge in [-0.05, 0) is 45.5 Å². The molecule has 0 aromatic carbocycles. The molecule has 0 fully saturated rings. The lowest BCUT2D eigenvalue weighted by molar-refractivity contribution is -0.139. The highest BCUT2D eigenvalue weighted by Gasteiger charge is 2.10. The number of nitrogens with two attached hydrogens (primary N) is 7. The Balaban J connectivity index is -0.000000141. The molecule has 0 bridgehead atoms. The molecule has 0 amide bonds. The summed E-state index contributed by atoms with van der Waals surface area (Å²) in [6, 6.07) is -1.19. The summed E-state index contributed by atoms with van der Waals surface area (Å²) in [7, 11) is 0. The first kappa shape index (κ1) is 26.7. The van der Waals surface area contributed by atoms with Gasteiger partial charge in [-0.1, -0.05) is 0 Å². The van der Waals surface area contributed by atoms with E-state index in [9.17, 15) is 14.4 Å². The van der Waals surface area contributed by atoms with Crippen molar-refractivity contribution in [3.8, 4) is 6.07 Å². The van der Waals surface area contributed by atoms with Crippen molar-refractivity contribution in [3.05, 3.63) is 0 Å². The number of guanidine groups is 1. The van der Waals surface area contributed by atoms with E-state index in [-0.39, 0.29) is 50.3 Å². The summed E-state index contributed by atoms with van der Waals surface area (Å²) in [6.45, 7) is -2.26. The Morgan fingerprint density at radius 2 is 1.35 bits per heavy atom. The summed E-state index contributed by atoms with van der Waals surface area (Å²) in [4.78, 5) is 33.7. The number of hydrogen-bond donors (Lipinski definition) is 11. The van der Waals surface area contributed by atoms with E-state index in [0.29, 0.717) is 0 Å². The van der Waals surface area contributed by atoms with Crippen molar-refractivity contribution in [1.82, 2.24) is 0 Å². The molecule has 0 heterocycles. The van der Waals surface area contributed by atoms with Crippen LogP contribution in [0.1, 0.15) is 53.9 Å². The smallest absolute Gasteiger partial charge is 0.320 e. The van der Waals surface area contributed by atoms with Crippen LogP contribution < -0.4 is 40.1 Å². The minimum Gasteiger partial charge on any atom is -0.480 e. The molecule has 0 spiro atoms. The molecule has 0 radical (unpaired) electrons. The van der Waals surface area contributed by atoms with Crippen LogP contribution in [-0.2, 0) is 14.4 Å². The molecule has 16 nitrogen and oxygen atoms in total. The van der Waals surface area contributed by atoms with Crippen LogP contribution in [0, 0.1) is 16.7 Å². The van der Waals surface area contributed by atoms with Crippen LogP contribution in [0.25, 0.3) is 0 Å². The number of nitriles is 1. The Kier molecular flexibility index (Phi) is 20.2. The van der Waals surface area contributed by atoms with E-state index < -0.39 is 49.0 Å². The predicted octanol–water partition coefficient (Wildman–Crippen LogP) is -2.52. The van der Waals surface area contributed by atoms with Crippen LogP contribution in [0.5, 0.6) is 0 Å². The molecular weight excluding hydrogens is 452 g/mol. The van der Waals surface area contributed by atoms with Gasteiger partial charge in [0.25, 0.3) is 0 Å². The van der Waals surface area contributed by atoms with Gasteiger partial charge >= 0.3 is 17.9 Å². The summed E-state index contributed by atoms with van der Waals surface area (Å²) in [6.07, 6.45) is 0.274. The normalized spacial score (nSPS) is 14.5. The van der Waals surface area contributed by atoms with Gasteiger partial charge in [-0.2, -0.15) is 5.26 Å². The second-order valence-corrected chi connectivity index (χ2v) is 6.19. The third-order valence-electron chi connectivity index (χ3n) is 2.89. The maximum atomic E-state index is 10.3. The quantitative estimate of drug-likeness (QED) is 0.0972. The third kappa shape index (κ3) is 39.0. The Hall–Kier alpha value is -3.52. The van der Waals surface area contributed by atoms with Crippen LogP contribution in [0.3, 0.4) is 0 Å². The molecule has 0 aromatic rings. The number of aliphatic carboxylic acids is 3. The molecule has 200 valence electrons. The van der Waals surface area contributed by atoms with Crippen LogP contribution >= 0.6 is 0 Å². The molecular formula is C18H42N10O6. The average Bonchev–Trinajstić information content (AvgIpc) is 2.79. The molecule has 0 aromatic heterocycles. The van der Waals surface area contributed by atoms with Gasteiger partial charge in [0.15, 0.2) is 5.96 Å². The van der Waals surface area contributed by atoms with E-state index in [1.807, 2.05) is 6.07 Å². The van der Waals surface area contributed by atoms with Gasteiger partial charge in [0, 0.05) is 18.6 Å². The summed E-state index contributed by atoms with van der Waals surface area (Å²) >= 11 is 0. The Morgan fingerprint density at radius 3 is 1.65 bits per heavy atom. The fraction of sp³-hybridized carbons (Fsp3) is 0.667. The topological polar surface area (TPSA) is 354 Å². The largest absolute Gasteiger partial charge is 0.480 e. The van der Waals surface area contributed by atoms with Crippen molar-refractivity contribution in [3.63, 3.8) is 0 Å². The number of nitrogens with zero attached hydrogens (tertiary/aromatic N) is 2. The number of hydrogen-bond acceptors (Lipinski definition) is 10. The van der Waals surface area contributed by atoms with Gasteiger partial charge in [0.2, 0.25) is 0 Å². The third-order valence-corrected chi connectivity index (χ3v) is 2.89. The number of carboxylic acid groups (broad SMARTS) is 3. The van der Waals surface area contributed by atoms with Crippen LogP contribution in [0.4, 0.5) is 0 Å². The summed E-state index contributed by atoms with van der Waals surface area (Å²) in [5.74, 6) is -3.57. The zero-order valence-electron chi connectivity index (χ0n) is 25.0. The van der Waals surface area contributed by atoms with E-state index in [1.54, 1.807) is 0 Å². The highest BCUT2D eigenvalue weighted by atomic mass is 16.4. The highest BCUT2D eigenvalue weighted by Crippen LogP contribution is 1.94. The monoisotopic (exact) mass is 500 g/mol. The van der Waals surface area contributed by atoms with Crippen LogP contribution in [0.2, 0.25) is 0 Å². The van der Waals surface area contributed by atoms with E-state index in [0.717, 1.165) is 0 Å². The Morgan fingerprint density at radius 1 is 1.00 bits per heavy atom. The van der Waals surface area contributed by atoms with Crippen LogP contribution in [0.15, 0.2) is 4.99 Å². The molecule has 0 aliphatic rings. The van der Waals surface area contributed by atoms with E-state index >= 15 is 0 Å². The summed E-state index contributed by atoms with van der Waals surface area (Å²) in [5.41, 5.74) is 35.0. The highest BCUT2D eigenvalue weighted by molar-refractivity contribution is 5.75. The van der Waals surface area contributed by atoms with Gasteiger partial charge in [-0.3, -0.25) is 24.8 Å². The zero-order chi connectivity index (χ0) is 33.3. The molecule has 0 saturated heterocycles. The van der Waals surface area contributed by atoms with Crippen molar-refractivity contribution in [2.45, 2.75) is 63.6 Å². The second kappa shape index (κ2) is 25.7. The van der Waals surface area contributed by atoms with Gasteiger partial charge < -0.3 is 55.5 Å². The standard InChI is InChI=1S/C6H14N4O2.C5H12N2O2.C5H8N2O2.C2H6N2.H2/c7-4(5(11)12)2-1-3-10-6(8)9;2*6-3-1-2-4(7)5(8)9;1-2(3)4;/h4H,1-3,7H2,(H,11,12)(H4,8,9,10);4H,1-3,6-7H2,(H,8,9);4H,1-2,7H2,(H,8,9);1H3,(H3,3,4);1H/t3*4-;;/m000../s1/i2*3D2;;;1+1D. The van der Waals surface area contributed by atoms with E-state index in [1.165, 1.54) is 6.92 Å². The molecule has 34 heavy (non-hydrogen) atoms. The lowest BCUT2D eigenvalue weighted by Gasteiger charge is -2.03. The van der Waals surface area contributed by atoms with Gasteiger partial charge in [-0.25, -0.2) is 0 Å². The van der Waals surface area contributed by atoms with E-state index in [4.69, 9.17) is 74.6 Å². The molecule has 0 unspecified atom stereocenters. The van der Waals surface area contributed by atoms with Crippen molar-refractivity contribution in [1.29, 1.82) is 10.7 Å². The minimum absolute atomic E-state index is 0.0287. The molecule has 0 rings (SSSR count). The first-order valence-corrected chi connectivity index (χ1v) is 9.51. The lowest BCUT2D eigenvalue weighted by Crippen LogP contribution is -2.30. The maximum absolute atomic E-state index is 10.3. The van der Waals surface area contributed by atoms with Gasteiger partial charge in [0.1, 0.15) is 18.1 Å². The number of amidine groups is 1. The molecule has 0 saturated carbocycles. The van der Waals surface area contributed by atoms with Crippen molar-refractivity contribution < 1.29 is 38.2 Å². The van der Waals surface area contributed by atoms with Gasteiger partial charge in [0.05, 0.1) is 14.6 Å².